The van der Waals surface area contributed by atoms with Crippen LogP contribution in [-0.2, 0) is 9.53 Å². The molecule has 7 heteroatoms. The first-order valence-corrected chi connectivity index (χ1v) is 5.40. The Hall–Kier alpha value is -1.76. The molecule has 0 aromatic carbocycles. The molecule has 1 atom stereocenters. The lowest BCUT2D eigenvalue weighted by molar-refractivity contribution is -0.126. The topological polar surface area (TPSA) is 51.7 Å². The Kier molecular flexibility index (Phi) is 4.03. The summed E-state index contributed by atoms with van der Waals surface area (Å²) in [5.41, 5.74) is 0.725. The summed E-state index contributed by atoms with van der Waals surface area (Å²) in [6, 6.07) is 2.71. The number of ether oxygens (including phenoxy) is 2. The minimum absolute atomic E-state index is 0.150. The van der Waals surface area contributed by atoms with Gasteiger partial charge in [-0.25, -0.2) is 4.98 Å². The van der Waals surface area contributed by atoms with Gasteiger partial charge in [-0.1, -0.05) is 0 Å². The second-order valence-electron chi connectivity index (χ2n) is 3.74. The van der Waals surface area contributed by atoms with E-state index < -0.39 is 6.61 Å². The van der Waals surface area contributed by atoms with E-state index >= 15 is 0 Å². The Balaban J connectivity index is 2.10. The molecule has 0 saturated carbocycles. The highest BCUT2D eigenvalue weighted by molar-refractivity contribution is 5.49. The van der Waals surface area contributed by atoms with Crippen molar-refractivity contribution < 1.29 is 23.0 Å². The van der Waals surface area contributed by atoms with Gasteiger partial charge in [-0.15, -0.1) is 0 Å². The minimum Gasteiger partial charge on any atom is -0.417 e. The molecule has 0 unspecified atom stereocenters. The van der Waals surface area contributed by atoms with Gasteiger partial charge in [0.1, 0.15) is 0 Å². The van der Waals surface area contributed by atoms with Crippen LogP contribution in [0.2, 0.25) is 0 Å². The second-order valence-corrected chi connectivity index (χ2v) is 3.74. The Morgan fingerprint density at radius 1 is 1.56 bits per heavy atom. The third-order valence-corrected chi connectivity index (χ3v) is 2.66. The molecule has 98 valence electrons. The van der Waals surface area contributed by atoms with Gasteiger partial charge in [0.25, 0.3) is 0 Å². The predicted molar refractivity (Wildman–Crippen MR) is 57.2 cm³/mol. The number of carbonyl (C=O) groups is 1. The summed E-state index contributed by atoms with van der Waals surface area (Å²) in [5.74, 6) is -0.150. The van der Waals surface area contributed by atoms with Crippen molar-refractivity contribution in [1.82, 2.24) is 9.88 Å². The number of morpholine rings is 1. The van der Waals surface area contributed by atoms with Crippen molar-refractivity contribution in [2.24, 2.45) is 0 Å². The van der Waals surface area contributed by atoms with Crippen molar-refractivity contribution in [1.29, 1.82) is 0 Å². The summed E-state index contributed by atoms with van der Waals surface area (Å²) in [4.78, 5) is 16.2. The first-order chi connectivity index (χ1) is 8.70. The molecule has 1 aliphatic rings. The molecule has 1 amide bonds. The molecule has 2 rings (SSSR count). The molecule has 1 aromatic heterocycles. The molecule has 0 bridgehead atoms. The van der Waals surface area contributed by atoms with Crippen molar-refractivity contribution in [3.05, 3.63) is 23.9 Å². The van der Waals surface area contributed by atoms with Crippen molar-refractivity contribution in [2.75, 3.05) is 19.8 Å². The number of hydrogen-bond donors (Lipinski definition) is 0. The molecule has 2 heterocycles. The van der Waals surface area contributed by atoms with E-state index in [9.17, 15) is 13.6 Å². The minimum atomic E-state index is -2.90. The van der Waals surface area contributed by atoms with Crippen molar-refractivity contribution in [3.63, 3.8) is 0 Å². The van der Waals surface area contributed by atoms with Crippen LogP contribution in [0.3, 0.4) is 0 Å². The molecule has 0 aliphatic carbocycles. The van der Waals surface area contributed by atoms with Crippen LogP contribution in [0.1, 0.15) is 11.6 Å². The molecular formula is C11H12F2N2O3. The molecule has 18 heavy (non-hydrogen) atoms. The first kappa shape index (κ1) is 12.7. The summed E-state index contributed by atoms with van der Waals surface area (Å²) in [5, 5.41) is 0. The highest BCUT2D eigenvalue weighted by atomic mass is 19.3. The van der Waals surface area contributed by atoms with E-state index in [1.807, 2.05) is 0 Å². The number of carbonyl (C=O) groups excluding carboxylic acids is 1. The number of rotatable bonds is 4. The van der Waals surface area contributed by atoms with E-state index in [1.165, 1.54) is 12.3 Å². The van der Waals surface area contributed by atoms with Crippen LogP contribution < -0.4 is 4.74 Å². The van der Waals surface area contributed by atoms with Crippen LogP contribution in [0.5, 0.6) is 5.88 Å². The molecule has 1 saturated heterocycles. The molecule has 0 radical (unpaired) electrons. The number of amides is 1. The second kappa shape index (κ2) is 5.72. The van der Waals surface area contributed by atoms with Crippen molar-refractivity contribution in [2.45, 2.75) is 12.7 Å². The average Bonchev–Trinajstić information content (AvgIpc) is 2.39. The van der Waals surface area contributed by atoms with Gasteiger partial charge < -0.3 is 14.4 Å². The van der Waals surface area contributed by atoms with Gasteiger partial charge in [0, 0.05) is 18.8 Å². The van der Waals surface area contributed by atoms with Gasteiger partial charge in [-0.05, 0) is 11.6 Å². The molecule has 5 nitrogen and oxygen atoms in total. The molecular weight excluding hydrogens is 246 g/mol. The zero-order valence-electron chi connectivity index (χ0n) is 9.46. The van der Waals surface area contributed by atoms with Crippen LogP contribution >= 0.6 is 0 Å². The van der Waals surface area contributed by atoms with E-state index in [0.29, 0.717) is 19.8 Å². The van der Waals surface area contributed by atoms with Gasteiger partial charge >= 0.3 is 6.61 Å². The van der Waals surface area contributed by atoms with E-state index in [0.717, 1.165) is 12.0 Å². The van der Waals surface area contributed by atoms with Crippen LogP contribution in [0.25, 0.3) is 0 Å². The van der Waals surface area contributed by atoms with Crippen LogP contribution in [0, 0.1) is 0 Å². The zero-order chi connectivity index (χ0) is 13.0. The van der Waals surface area contributed by atoms with Gasteiger partial charge in [-0.3, -0.25) is 4.79 Å². The molecule has 1 fully saturated rings. The van der Waals surface area contributed by atoms with E-state index in [1.54, 1.807) is 11.0 Å². The quantitative estimate of drug-likeness (QED) is 0.762. The van der Waals surface area contributed by atoms with Crippen molar-refractivity contribution in [3.8, 4) is 5.88 Å². The van der Waals surface area contributed by atoms with Crippen molar-refractivity contribution >= 4 is 6.41 Å². The Morgan fingerprint density at radius 2 is 2.39 bits per heavy atom. The Bertz CT molecular complexity index is 400. The highest BCUT2D eigenvalue weighted by Crippen LogP contribution is 2.23. The SMILES string of the molecule is O=CN1CCOC[C@H]1c1ccc(OC(F)F)nc1. The number of nitrogens with zero attached hydrogens (tertiary/aromatic N) is 2. The van der Waals surface area contributed by atoms with Gasteiger partial charge in [0.2, 0.25) is 12.3 Å². The largest absolute Gasteiger partial charge is 0.417 e. The first-order valence-electron chi connectivity index (χ1n) is 5.40. The summed E-state index contributed by atoms with van der Waals surface area (Å²) in [7, 11) is 0. The van der Waals surface area contributed by atoms with Gasteiger partial charge in [-0.2, -0.15) is 8.78 Å². The molecule has 1 aromatic rings. The monoisotopic (exact) mass is 258 g/mol. The summed E-state index contributed by atoms with van der Waals surface area (Å²) in [6.07, 6.45) is 2.16. The Labute approximate surface area is 102 Å². The maximum absolute atomic E-state index is 12.0. The highest BCUT2D eigenvalue weighted by Gasteiger charge is 2.23. The summed E-state index contributed by atoms with van der Waals surface area (Å²) in [6.45, 7) is -1.53. The fourth-order valence-corrected chi connectivity index (χ4v) is 1.78. The molecule has 0 spiro atoms. The summed E-state index contributed by atoms with van der Waals surface area (Å²) < 4.78 is 33.3. The smallest absolute Gasteiger partial charge is 0.388 e. The number of aromatic nitrogens is 1. The number of hydrogen-bond acceptors (Lipinski definition) is 4. The van der Waals surface area contributed by atoms with Crippen LogP contribution in [0.4, 0.5) is 8.78 Å². The lowest BCUT2D eigenvalue weighted by atomic mass is 10.1. The fraction of sp³-hybridized carbons (Fsp3) is 0.455. The van der Waals surface area contributed by atoms with E-state index in [-0.39, 0.29) is 11.9 Å². The van der Waals surface area contributed by atoms with Gasteiger partial charge in [0.15, 0.2) is 0 Å². The summed E-state index contributed by atoms with van der Waals surface area (Å²) >= 11 is 0. The number of alkyl halides is 2. The predicted octanol–water partition coefficient (Wildman–Crippen LogP) is 1.21. The van der Waals surface area contributed by atoms with Crippen LogP contribution in [0.15, 0.2) is 18.3 Å². The maximum atomic E-state index is 12.0. The van der Waals surface area contributed by atoms with E-state index in [2.05, 4.69) is 9.72 Å². The zero-order valence-corrected chi connectivity index (χ0v) is 9.46. The maximum Gasteiger partial charge on any atom is 0.388 e. The lowest BCUT2D eigenvalue weighted by Gasteiger charge is -2.32. The van der Waals surface area contributed by atoms with Gasteiger partial charge in [0.05, 0.1) is 19.3 Å². The third kappa shape index (κ3) is 2.92. The van der Waals surface area contributed by atoms with Crippen LogP contribution in [-0.4, -0.2) is 42.7 Å². The average molecular weight is 258 g/mol. The number of pyridine rings is 1. The normalized spacial score (nSPS) is 19.9. The standard InChI is InChI=1S/C11H12F2N2O3/c12-11(13)18-10-2-1-8(5-14-10)9-6-17-4-3-15(9)7-16/h1-2,5,7,9,11H,3-4,6H2/t9-/m0/s1. The lowest BCUT2D eigenvalue weighted by Crippen LogP contribution is -2.38. The van der Waals surface area contributed by atoms with E-state index in [4.69, 9.17) is 4.74 Å². The molecule has 0 N–H and O–H groups in total. The molecule has 1 aliphatic heterocycles. The Morgan fingerprint density at radius 3 is 3.00 bits per heavy atom. The third-order valence-electron chi connectivity index (χ3n) is 2.66. The number of halogens is 2. The fourth-order valence-electron chi connectivity index (χ4n) is 1.78.